The minimum atomic E-state index is 0.361. The highest BCUT2D eigenvalue weighted by atomic mass is 16.5. The second kappa shape index (κ2) is 5.41. The van der Waals surface area contributed by atoms with Crippen molar-refractivity contribution in [2.75, 3.05) is 7.11 Å². The Morgan fingerprint density at radius 3 is 2.65 bits per heavy atom. The normalized spacial score (nSPS) is 10.2. The Bertz CT molecular complexity index is 479. The van der Waals surface area contributed by atoms with E-state index in [-0.39, 0.29) is 0 Å². The van der Waals surface area contributed by atoms with E-state index >= 15 is 0 Å². The fourth-order valence-corrected chi connectivity index (χ4v) is 1.50. The molecule has 0 spiro atoms. The highest BCUT2D eigenvalue weighted by Gasteiger charge is 2.05. The lowest BCUT2D eigenvalue weighted by atomic mass is 10.3. The van der Waals surface area contributed by atoms with Crippen molar-refractivity contribution in [3.05, 3.63) is 47.9 Å². The molecule has 0 aliphatic heterocycles. The minimum absolute atomic E-state index is 0.361. The van der Waals surface area contributed by atoms with Crippen molar-refractivity contribution in [2.24, 2.45) is 5.73 Å². The minimum Gasteiger partial charge on any atom is -0.493 e. The van der Waals surface area contributed by atoms with Crippen LogP contribution >= 0.6 is 0 Å². The van der Waals surface area contributed by atoms with E-state index in [1.165, 1.54) is 0 Å². The molecule has 90 valence electrons. The average molecular weight is 233 g/mol. The van der Waals surface area contributed by atoms with E-state index in [2.05, 4.69) is 0 Å². The Hall–Kier alpha value is -1.94. The molecule has 4 nitrogen and oxygen atoms in total. The van der Waals surface area contributed by atoms with Crippen LogP contribution in [0.2, 0.25) is 0 Å². The van der Waals surface area contributed by atoms with Crippen molar-refractivity contribution in [2.45, 2.75) is 13.2 Å². The third-order valence-corrected chi connectivity index (χ3v) is 2.38. The predicted octanol–water partition coefficient (Wildman–Crippen LogP) is 2.33. The van der Waals surface area contributed by atoms with Crippen molar-refractivity contribution in [3.63, 3.8) is 0 Å². The van der Waals surface area contributed by atoms with Gasteiger partial charge in [0.25, 0.3) is 0 Å². The van der Waals surface area contributed by atoms with Crippen LogP contribution in [-0.4, -0.2) is 7.11 Å². The van der Waals surface area contributed by atoms with Gasteiger partial charge in [-0.05, 0) is 18.2 Å². The van der Waals surface area contributed by atoms with Gasteiger partial charge in [-0.25, -0.2) is 0 Å². The summed E-state index contributed by atoms with van der Waals surface area (Å²) < 4.78 is 16.1. The Balaban J connectivity index is 2.01. The molecule has 4 heteroatoms. The third-order valence-electron chi connectivity index (χ3n) is 2.38. The monoisotopic (exact) mass is 233 g/mol. The van der Waals surface area contributed by atoms with Crippen LogP contribution < -0.4 is 15.2 Å². The number of hydrogen-bond donors (Lipinski definition) is 1. The van der Waals surface area contributed by atoms with Crippen molar-refractivity contribution < 1.29 is 13.9 Å². The third kappa shape index (κ3) is 2.79. The van der Waals surface area contributed by atoms with Crippen LogP contribution in [0.5, 0.6) is 11.5 Å². The van der Waals surface area contributed by atoms with Gasteiger partial charge in [0.2, 0.25) is 0 Å². The smallest absolute Gasteiger partial charge is 0.161 e. The summed E-state index contributed by atoms with van der Waals surface area (Å²) in [6.45, 7) is 0.832. The van der Waals surface area contributed by atoms with Crippen molar-refractivity contribution in [1.82, 2.24) is 0 Å². The summed E-state index contributed by atoms with van der Waals surface area (Å²) in [5, 5.41) is 0. The van der Waals surface area contributed by atoms with Crippen LogP contribution in [0.1, 0.15) is 11.3 Å². The number of hydrogen-bond acceptors (Lipinski definition) is 4. The molecule has 1 heterocycles. The molecule has 0 amide bonds. The molecule has 0 atom stereocenters. The molecule has 0 bridgehead atoms. The van der Waals surface area contributed by atoms with Gasteiger partial charge in [-0.3, -0.25) is 0 Å². The highest BCUT2D eigenvalue weighted by Crippen LogP contribution is 2.26. The largest absolute Gasteiger partial charge is 0.493 e. The number of para-hydroxylation sites is 2. The Labute approximate surface area is 99.9 Å². The van der Waals surface area contributed by atoms with Gasteiger partial charge in [-0.15, -0.1) is 0 Å². The first-order valence-corrected chi connectivity index (χ1v) is 5.35. The number of ether oxygens (including phenoxy) is 2. The molecule has 0 saturated heterocycles. The summed E-state index contributed by atoms with van der Waals surface area (Å²) in [7, 11) is 1.61. The van der Waals surface area contributed by atoms with E-state index < -0.39 is 0 Å². The van der Waals surface area contributed by atoms with E-state index in [0.717, 1.165) is 11.3 Å². The van der Waals surface area contributed by atoms with Crippen molar-refractivity contribution in [3.8, 4) is 11.5 Å². The quantitative estimate of drug-likeness (QED) is 0.861. The van der Waals surface area contributed by atoms with Gasteiger partial charge in [0, 0.05) is 12.1 Å². The standard InChI is InChI=1S/C13H15NO3/c1-15-12-4-2-3-5-13(12)17-9-11-6-10(7-14)8-16-11/h2-6,8H,7,9,14H2,1H3. The second-order valence-electron chi connectivity index (χ2n) is 3.56. The van der Waals surface area contributed by atoms with E-state index in [0.29, 0.717) is 24.7 Å². The Morgan fingerprint density at radius 1 is 1.24 bits per heavy atom. The first-order chi connectivity index (χ1) is 8.33. The fourth-order valence-electron chi connectivity index (χ4n) is 1.50. The molecule has 0 saturated carbocycles. The van der Waals surface area contributed by atoms with Crippen LogP contribution in [0, 0.1) is 0 Å². The first kappa shape index (κ1) is 11.5. The van der Waals surface area contributed by atoms with Gasteiger partial charge in [0.1, 0.15) is 12.4 Å². The van der Waals surface area contributed by atoms with Gasteiger partial charge in [-0.2, -0.15) is 0 Å². The van der Waals surface area contributed by atoms with E-state index in [4.69, 9.17) is 19.6 Å². The Morgan fingerprint density at radius 2 is 2.00 bits per heavy atom. The summed E-state index contributed by atoms with van der Waals surface area (Å²) in [5.41, 5.74) is 6.46. The van der Waals surface area contributed by atoms with Gasteiger partial charge >= 0.3 is 0 Å². The number of nitrogens with two attached hydrogens (primary N) is 1. The van der Waals surface area contributed by atoms with Gasteiger partial charge in [0.05, 0.1) is 13.4 Å². The molecule has 0 unspecified atom stereocenters. The van der Waals surface area contributed by atoms with Crippen molar-refractivity contribution in [1.29, 1.82) is 0 Å². The summed E-state index contributed by atoms with van der Waals surface area (Å²) in [6.07, 6.45) is 1.64. The number of benzene rings is 1. The van der Waals surface area contributed by atoms with Gasteiger partial charge in [0.15, 0.2) is 11.5 Å². The lowest BCUT2D eigenvalue weighted by Crippen LogP contribution is -1.97. The van der Waals surface area contributed by atoms with Crippen LogP contribution in [0.3, 0.4) is 0 Å². The lowest BCUT2D eigenvalue weighted by molar-refractivity contribution is 0.256. The highest BCUT2D eigenvalue weighted by molar-refractivity contribution is 5.39. The molecular formula is C13H15NO3. The van der Waals surface area contributed by atoms with E-state index in [9.17, 15) is 0 Å². The molecule has 17 heavy (non-hydrogen) atoms. The maximum Gasteiger partial charge on any atom is 0.161 e. The molecule has 1 aromatic carbocycles. The lowest BCUT2D eigenvalue weighted by Gasteiger charge is -2.08. The fraction of sp³-hybridized carbons (Fsp3) is 0.231. The molecule has 2 N–H and O–H groups in total. The zero-order valence-electron chi connectivity index (χ0n) is 9.68. The molecule has 2 aromatic rings. The number of rotatable bonds is 5. The number of furan rings is 1. The van der Waals surface area contributed by atoms with E-state index in [1.807, 2.05) is 30.3 Å². The van der Waals surface area contributed by atoms with Crippen molar-refractivity contribution >= 4 is 0 Å². The first-order valence-electron chi connectivity index (χ1n) is 5.35. The molecule has 0 aliphatic carbocycles. The molecule has 1 aromatic heterocycles. The van der Waals surface area contributed by atoms with Crippen LogP contribution in [0.15, 0.2) is 41.0 Å². The van der Waals surface area contributed by atoms with Gasteiger partial charge in [-0.1, -0.05) is 12.1 Å². The second-order valence-corrected chi connectivity index (χ2v) is 3.56. The molecule has 0 radical (unpaired) electrons. The molecule has 2 rings (SSSR count). The summed E-state index contributed by atoms with van der Waals surface area (Å²) in [6, 6.07) is 9.38. The molecular weight excluding hydrogens is 218 g/mol. The summed E-state index contributed by atoms with van der Waals surface area (Å²) in [5.74, 6) is 2.15. The molecule has 0 fully saturated rings. The average Bonchev–Trinajstić information content (AvgIpc) is 2.84. The van der Waals surface area contributed by atoms with Crippen LogP contribution in [-0.2, 0) is 13.2 Å². The zero-order valence-corrected chi connectivity index (χ0v) is 9.68. The molecule has 0 aliphatic rings. The maximum atomic E-state index is 5.61. The zero-order chi connectivity index (χ0) is 12.1. The van der Waals surface area contributed by atoms with Crippen LogP contribution in [0.25, 0.3) is 0 Å². The summed E-state index contributed by atoms with van der Waals surface area (Å²) in [4.78, 5) is 0. The predicted molar refractivity (Wildman–Crippen MR) is 63.9 cm³/mol. The van der Waals surface area contributed by atoms with Crippen LogP contribution in [0.4, 0.5) is 0 Å². The summed E-state index contributed by atoms with van der Waals surface area (Å²) >= 11 is 0. The van der Waals surface area contributed by atoms with E-state index in [1.54, 1.807) is 13.4 Å². The Kier molecular flexibility index (Phi) is 3.67. The topological polar surface area (TPSA) is 57.6 Å². The number of methoxy groups -OCH3 is 1. The maximum absolute atomic E-state index is 5.61. The van der Waals surface area contributed by atoms with Gasteiger partial charge < -0.3 is 19.6 Å². The SMILES string of the molecule is COc1ccccc1OCc1cc(CN)co1.